The van der Waals surface area contributed by atoms with Crippen LogP contribution in [0.1, 0.15) is 21.7 Å². The minimum Gasteiger partial charge on any atom is -0.382 e. The molecule has 0 saturated heterocycles. The summed E-state index contributed by atoms with van der Waals surface area (Å²) in [7, 11) is 1.71. The highest BCUT2D eigenvalue weighted by Crippen LogP contribution is 2.27. The molecule has 3 heterocycles. The molecule has 6 nitrogen and oxygen atoms in total. The summed E-state index contributed by atoms with van der Waals surface area (Å²) in [5.74, 6) is 0.236. The minimum atomic E-state index is -0.118. The summed E-state index contributed by atoms with van der Waals surface area (Å²) >= 11 is 12.0. The Balaban J connectivity index is 1.88. The van der Waals surface area contributed by atoms with Crippen molar-refractivity contribution in [1.29, 1.82) is 0 Å². The number of anilines is 1. The lowest BCUT2D eigenvalue weighted by Gasteiger charge is -2.28. The van der Waals surface area contributed by atoms with E-state index in [-0.39, 0.29) is 5.91 Å². The Bertz CT molecular complexity index is 728. The lowest BCUT2D eigenvalue weighted by molar-refractivity contribution is 0.0723. The minimum absolute atomic E-state index is 0.118. The molecule has 8 heteroatoms. The van der Waals surface area contributed by atoms with Crippen molar-refractivity contribution >= 4 is 34.9 Å². The third kappa shape index (κ3) is 2.45. The number of carbonyl (C=O) groups excluding carboxylic acids is 1. The van der Waals surface area contributed by atoms with Crippen LogP contribution in [0.4, 0.5) is 5.82 Å². The zero-order valence-electron chi connectivity index (χ0n) is 11.3. The molecule has 1 aliphatic rings. The second-order valence-corrected chi connectivity index (χ2v) is 5.71. The van der Waals surface area contributed by atoms with Gasteiger partial charge in [0.15, 0.2) is 0 Å². The first-order valence-electron chi connectivity index (χ1n) is 6.38. The van der Waals surface area contributed by atoms with E-state index in [1.165, 1.54) is 0 Å². The van der Waals surface area contributed by atoms with Crippen LogP contribution in [0.5, 0.6) is 0 Å². The highest BCUT2D eigenvalue weighted by atomic mass is 35.5. The van der Waals surface area contributed by atoms with Crippen molar-refractivity contribution in [3.63, 3.8) is 0 Å². The summed E-state index contributed by atoms with van der Waals surface area (Å²) in [6, 6.07) is 3.34. The highest BCUT2D eigenvalue weighted by Gasteiger charge is 2.26. The first-order chi connectivity index (χ1) is 9.97. The van der Waals surface area contributed by atoms with Gasteiger partial charge in [0.25, 0.3) is 5.91 Å². The third-order valence-corrected chi connectivity index (χ3v) is 4.42. The van der Waals surface area contributed by atoms with Gasteiger partial charge < -0.3 is 15.2 Å². The van der Waals surface area contributed by atoms with Gasteiger partial charge in [-0.15, -0.1) is 5.10 Å². The Hall–Kier alpha value is -1.79. The normalized spacial score (nSPS) is 14.1. The Labute approximate surface area is 131 Å². The van der Waals surface area contributed by atoms with E-state index in [1.54, 1.807) is 28.6 Å². The molecule has 110 valence electrons. The summed E-state index contributed by atoms with van der Waals surface area (Å²) in [6.45, 7) is 1.03. The van der Waals surface area contributed by atoms with Gasteiger partial charge in [0.1, 0.15) is 16.7 Å². The van der Waals surface area contributed by atoms with Crippen molar-refractivity contribution in [3.05, 3.63) is 39.3 Å². The molecule has 0 radical (unpaired) electrons. The zero-order valence-corrected chi connectivity index (χ0v) is 12.8. The lowest BCUT2D eigenvalue weighted by Crippen LogP contribution is -2.37. The number of nitrogen functional groups attached to an aromatic ring is 1. The number of rotatable bonds is 1. The maximum Gasteiger partial charge on any atom is 0.270 e. The van der Waals surface area contributed by atoms with Crippen molar-refractivity contribution in [1.82, 2.24) is 19.7 Å². The van der Waals surface area contributed by atoms with Crippen molar-refractivity contribution in [2.45, 2.75) is 13.0 Å². The molecule has 2 aromatic rings. The molecular formula is C13H13Cl2N5O. The van der Waals surface area contributed by atoms with E-state index < -0.39 is 0 Å². The smallest absolute Gasteiger partial charge is 0.270 e. The van der Waals surface area contributed by atoms with Crippen LogP contribution in [0.2, 0.25) is 10.2 Å². The summed E-state index contributed by atoms with van der Waals surface area (Å²) in [5, 5.41) is 8.62. The quantitative estimate of drug-likeness (QED) is 0.868. The molecule has 3 rings (SSSR count). The molecule has 0 unspecified atom stereocenters. The second kappa shape index (κ2) is 5.20. The topological polar surface area (TPSA) is 77.0 Å². The van der Waals surface area contributed by atoms with Crippen LogP contribution in [0.25, 0.3) is 0 Å². The molecule has 0 atom stereocenters. The highest BCUT2D eigenvalue weighted by molar-refractivity contribution is 6.41. The molecule has 2 aromatic heterocycles. The van der Waals surface area contributed by atoms with Crippen LogP contribution in [0.3, 0.4) is 0 Å². The van der Waals surface area contributed by atoms with E-state index >= 15 is 0 Å². The standard InChI is InChI=1S/C13H13Cl2N5O/c1-19-10(5-8(14)12(19)15)13(21)20-3-2-9-7(6-20)4-11(16)18-17-9/h4-5H,2-3,6H2,1H3,(H2,16,18). The molecule has 0 aliphatic carbocycles. The second-order valence-electron chi connectivity index (χ2n) is 4.95. The van der Waals surface area contributed by atoms with E-state index in [9.17, 15) is 4.79 Å². The number of hydrogen-bond acceptors (Lipinski definition) is 4. The third-order valence-electron chi connectivity index (χ3n) is 3.58. The van der Waals surface area contributed by atoms with Gasteiger partial charge >= 0.3 is 0 Å². The number of nitrogens with zero attached hydrogens (tertiary/aromatic N) is 4. The first kappa shape index (κ1) is 14.2. The molecule has 0 bridgehead atoms. The van der Waals surface area contributed by atoms with Gasteiger partial charge in [-0.25, -0.2) is 0 Å². The maximum absolute atomic E-state index is 12.6. The number of hydrogen-bond donors (Lipinski definition) is 1. The number of halogens is 2. The predicted molar refractivity (Wildman–Crippen MR) is 80.3 cm³/mol. The lowest BCUT2D eigenvalue weighted by atomic mass is 10.1. The van der Waals surface area contributed by atoms with Crippen molar-refractivity contribution in [3.8, 4) is 0 Å². The average Bonchev–Trinajstić information content (AvgIpc) is 2.73. The van der Waals surface area contributed by atoms with Crippen LogP contribution in [-0.4, -0.2) is 32.1 Å². The fourth-order valence-corrected chi connectivity index (χ4v) is 2.80. The van der Waals surface area contributed by atoms with E-state index in [1.807, 2.05) is 0 Å². The molecule has 1 aliphatic heterocycles. The van der Waals surface area contributed by atoms with Gasteiger partial charge in [0.2, 0.25) is 0 Å². The van der Waals surface area contributed by atoms with E-state index in [0.29, 0.717) is 41.2 Å². The first-order valence-corrected chi connectivity index (χ1v) is 7.14. The Morgan fingerprint density at radius 2 is 2.10 bits per heavy atom. The van der Waals surface area contributed by atoms with Crippen molar-refractivity contribution in [2.75, 3.05) is 12.3 Å². The Morgan fingerprint density at radius 1 is 1.33 bits per heavy atom. The van der Waals surface area contributed by atoms with Gasteiger partial charge in [0, 0.05) is 26.6 Å². The van der Waals surface area contributed by atoms with Gasteiger partial charge in [-0.1, -0.05) is 23.2 Å². The SMILES string of the molecule is Cn1c(C(=O)N2CCc3nnc(N)cc3C2)cc(Cl)c1Cl. The number of aromatic nitrogens is 3. The molecular weight excluding hydrogens is 313 g/mol. The largest absolute Gasteiger partial charge is 0.382 e. The monoisotopic (exact) mass is 325 g/mol. The number of amides is 1. The van der Waals surface area contributed by atoms with Crippen LogP contribution < -0.4 is 5.73 Å². The van der Waals surface area contributed by atoms with E-state index in [0.717, 1.165) is 11.3 Å². The van der Waals surface area contributed by atoms with Gasteiger partial charge in [0.05, 0.1) is 10.7 Å². The summed E-state index contributed by atoms with van der Waals surface area (Å²) in [5.41, 5.74) is 7.92. The molecule has 1 amide bonds. The Morgan fingerprint density at radius 3 is 2.76 bits per heavy atom. The summed E-state index contributed by atoms with van der Waals surface area (Å²) in [4.78, 5) is 14.3. The van der Waals surface area contributed by atoms with Gasteiger partial charge in [-0.2, -0.15) is 5.10 Å². The van der Waals surface area contributed by atoms with Crippen LogP contribution in [0, 0.1) is 0 Å². The van der Waals surface area contributed by atoms with E-state index in [4.69, 9.17) is 28.9 Å². The number of carbonyl (C=O) groups is 1. The zero-order chi connectivity index (χ0) is 15.1. The fourth-order valence-electron chi connectivity index (χ4n) is 2.43. The molecule has 2 N–H and O–H groups in total. The number of nitrogens with two attached hydrogens (primary N) is 1. The van der Waals surface area contributed by atoms with Crippen molar-refractivity contribution in [2.24, 2.45) is 7.05 Å². The van der Waals surface area contributed by atoms with Crippen LogP contribution in [-0.2, 0) is 20.0 Å². The summed E-state index contributed by atoms with van der Waals surface area (Å²) < 4.78 is 1.58. The molecule has 0 spiro atoms. The van der Waals surface area contributed by atoms with E-state index in [2.05, 4.69) is 10.2 Å². The molecule has 21 heavy (non-hydrogen) atoms. The molecule has 0 aromatic carbocycles. The van der Waals surface area contributed by atoms with Gasteiger partial charge in [-0.3, -0.25) is 4.79 Å². The maximum atomic E-state index is 12.6. The number of fused-ring (bicyclic) bond motifs is 1. The predicted octanol–water partition coefficient (Wildman–Crippen LogP) is 1.90. The fraction of sp³-hybridized carbons (Fsp3) is 0.308. The molecule has 0 fully saturated rings. The summed E-state index contributed by atoms with van der Waals surface area (Å²) in [6.07, 6.45) is 0.653. The van der Waals surface area contributed by atoms with Crippen molar-refractivity contribution < 1.29 is 4.79 Å². The average molecular weight is 326 g/mol. The molecule has 0 saturated carbocycles. The van der Waals surface area contributed by atoms with Crippen LogP contribution in [0.15, 0.2) is 12.1 Å². The Kier molecular flexibility index (Phi) is 3.51. The van der Waals surface area contributed by atoms with Crippen LogP contribution >= 0.6 is 23.2 Å². The van der Waals surface area contributed by atoms with Gasteiger partial charge in [-0.05, 0) is 17.7 Å².